The van der Waals surface area contributed by atoms with Gasteiger partial charge < -0.3 is 4.74 Å². The number of fused-ring (bicyclic) bond motifs is 4. The highest BCUT2D eigenvalue weighted by Crippen LogP contribution is 2.42. The van der Waals surface area contributed by atoms with Gasteiger partial charge in [0.25, 0.3) is 0 Å². The molecule has 4 atom stereocenters. The Morgan fingerprint density at radius 3 is 2.77 bits per heavy atom. The average Bonchev–Trinajstić information content (AvgIpc) is 2.64. The Morgan fingerprint density at radius 2 is 2.00 bits per heavy atom. The van der Waals surface area contributed by atoms with Gasteiger partial charge in [-0.25, -0.2) is 12.7 Å². The number of hydrogen-bond donors (Lipinski definition) is 0. The number of hydrogen-bond acceptors (Lipinski definition) is 4. The van der Waals surface area contributed by atoms with Crippen LogP contribution in [0.1, 0.15) is 31.2 Å². The van der Waals surface area contributed by atoms with E-state index in [4.69, 9.17) is 4.74 Å². The van der Waals surface area contributed by atoms with Crippen molar-refractivity contribution in [2.45, 2.75) is 44.2 Å². The third-order valence-electron chi connectivity index (χ3n) is 6.64. The fraction of sp³-hybridized carbons (Fsp3) is 0.700. The Labute approximate surface area is 157 Å². The maximum Gasteiger partial charge on any atom is 0.211 e. The highest BCUT2D eigenvalue weighted by molar-refractivity contribution is 7.88. The van der Waals surface area contributed by atoms with Gasteiger partial charge in [-0.15, -0.1) is 0 Å². The van der Waals surface area contributed by atoms with E-state index < -0.39 is 10.0 Å². The van der Waals surface area contributed by atoms with Gasteiger partial charge in [-0.05, 0) is 61.8 Å². The number of methoxy groups -OCH3 is 1. The van der Waals surface area contributed by atoms with Crippen molar-refractivity contribution in [2.24, 2.45) is 11.8 Å². The van der Waals surface area contributed by atoms with Gasteiger partial charge in [0, 0.05) is 25.2 Å². The minimum atomic E-state index is -3.12. The third-order valence-corrected chi connectivity index (χ3v) is 7.87. The van der Waals surface area contributed by atoms with Crippen LogP contribution < -0.4 is 4.74 Å². The van der Waals surface area contributed by atoms with Crippen LogP contribution in [0.3, 0.4) is 0 Å². The van der Waals surface area contributed by atoms with E-state index in [1.165, 1.54) is 37.5 Å². The van der Waals surface area contributed by atoms with Gasteiger partial charge in [0.05, 0.1) is 13.4 Å². The molecule has 4 rings (SSSR count). The molecule has 3 aliphatic rings. The highest BCUT2D eigenvalue weighted by Gasteiger charge is 2.48. The molecule has 0 aromatic heterocycles. The Kier molecular flexibility index (Phi) is 5.01. The second-order valence-electron chi connectivity index (χ2n) is 8.26. The summed E-state index contributed by atoms with van der Waals surface area (Å²) < 4.78 is 31.6. The molecule has 6 heteroatoms. The van der Waals surface area contributed by atoms with Crippen molar-refractivity contribution < 1.29 is 13.2 Å². The zero-order chi connectivity index (χ0) is 18.3. The molecule has 1 aromatic rings. The summed E-state index contributed by atoms with van der Waals surface area (Å²) in [4.78, 5) is 2.72. The molecule has 3 aliphatic heterocycles. The van der Waals surface area contributed by atoms with Crippen LogP contribution in [0.25, 0.3) is 0 Å². The van der Waals surface area contributed by atoms with Crippen LogP contribution in [0, 0.1) is 11.8 Å². The van der Waals surface area contributed by atoms with Gasteiger partial charge in [0.2, 0.25) is 10.0 Å². The first-order valence-corrected chi connectivity index (χ1v) is 11.6. The summed E-state index contributed by atoms with van der Waals surface area (Å²) in [7, 11) is -1.41. The number of nitrogens with zero attached hydrogens (tertiary/aromatic N) is 2. The molecule has 0 spiro atoms. The first kappa shape index (κ1) is 18.3. The standard InChI is InChI=1S/C20H30N2O3S/c1-25-18-7-5-6-15(10-18)11-20-17-12-16(13-21(14-17)26(2,23)24)19-8-3-4-9-22(19)20/h5-7,10,16-17,19-20H,3-4,8-9,11-14H2,1-2H3/t16-,17+,19+,20+/m1/s1. The number of sulfonamides is 1. The first-order chi connectivity index (χ1) is 12.5. The van der Waals surface area contributed by atoms with E-state index in [1.54, 1.807) is 11.4 Å². The topological polar surface area (TPSA) is 49.9 Å². The van der Waals surface area contributed by atoms with E-state index in [1.807, 2.05) is 6.07 Å². The van der Waals surface area contributed by atoms with Gasteiger partial charge in [-0.1, -0.05) is 18.6 Å². The number of piperidine rings is 3. The van der Waals surface area contributed by atoms with Crippen molar-refractivity contribution >= 4 is 10.0 Å². The SMILES string of the molecule is COc1cccc(C[C@H]2[C@H]3C[C@H](CN(S(C)(=O)=O)C3)[C@@H]3CCCCN32)c1. The summed E-state index contributed by atoms with van der Waals surface area (Å²) in [5.74, 6) is 1.81. The molecule has 0 N–H and O–H groups in total. The minimum Gasteiger partial charge on any atom is -0.497 e. The van der Waals surface area contributed by atoms with Crippen LogP contribution in [0.4, 0.5) is 0 Å². The van der Waals surface area contributed by atoms with Crippen LogP contribution in [0.2, 0.25) is 0 Å². The summed E-state index contributed by atoms with van der Waals surface area (Å²) in [6.45, 7) is 2.54. The van der Waals surface area contributed by atoms with Crippen molar-refractivity contribution in [1.82, 2.24) is 9.21 Å². The molecule has 26 heavy (non-hydrogen) atoms. The van der Waals surface area contributed by atoms with Crippen molar-refractivity contribution in [1.29, 1.82) is 0 Å². The maximum atomic E-state index is 12.2. The van der Waals surface area contributed by atoms with Crippen molar-refractivity contribution in [3.63, 3.8) is 0 Å². The lowest BCUT2D eigenvalue weighted by Gasteiger charge is -2.56. The van der Waals surface area contributed by atoms with Crippen LogP contribution in [0.15, 0.2) is 24.3 Å². The molecule has 0 aliphatic carbocycles. The molecule has 3 heterocycles. The van der Waals surface area contributed by atoms with Crippen LogP contribution in [-0.4, -0.2) is 62.7 Å². The summed E-state index contributed by atoms with van der Waals surface area (Å²) >= 11 is 0. The van der Waals surface area contributed by atoms with Crippen LogP contribution in [-0.2, 0) is 16.4 Å². The summed E-state index contributed by atoms with van der Waals surface area (Å²) in [5, 5.41) is 0. The third kappa shape index (κ3) is 3.51. The first-order valence-electron chi connectivity index (χ1n) is 9.79. The predicted molar refractivity (Wildman–Crippen MR) is 103 cm³/mol. The Bertz CT molecular complexity index is 751. The van der Waals surface area contributed by atoms with E-state index in [-0.39, 0.29) is 0 Å². The van der Waals surface area contributed by atoms with Gasteiger partial charge in [-0.2, -0.15) is 0 Å². The minimum absolute atomic E-state index is 0.420. The van der Waals surface area contributed by atoms with Crippen molar-refractivity contribution in [3.8, 4) is 5.75 Å². The quantitative estimate of drug-likeness (QED) is 0.807. The number of rotatable bonds is 4. The monoisotopic (exact) mass is 378 g/mol. The molecule has 0 unspecified atom stereocenters. The van der Waals surface area contributed by atoms with Gasteiger partial charge >= 0.3 is 0 Å². The lowest BCUT2D eigenvalue weighted by atomic mass is 9.71. The molecular formula is C20H30N2O3S. The van der Waals surface area contributed by atoms with E-state index in [0.717, 1.165) is 18.7 Å². The summed E-state index contributed by atoms with van der Waals surface area (Å²) in [6, 6.07) is 9.30. The molecule has 1 aromatic carbocycles. The molecule has 3 saturated heterocycles. The molecular weight excluding hydrogens is 348 g/mol. The Balaban J connectivity index is 1.62. The molecule has 0 saturated carbocycles. The van der Waals surface area contributed by atoms with Crippen molar-refractivity contribution in [2.75, 3.05) is 33.0 Å². The lowest BCUT2D eigenvalue weighted by Crippen LogP contribution is -2.64. The molecule has 144 valence electrons. The summed E-state index contributed by atoms with van der Waals surface area (Å²) in [5.41, 5.74) is 1.29. The largest absolute Gasteiger partial charge is 0.497 e. The van der Waals surface area contributed by atoms with E-state index in [2.05, 4.69) is 23.1 Å². The number of ether oxygens (including phenoxy) is 1. The Morgan fingerprint density at radius 1 is 1.19 bits per heavy atom. The maximum absolute atomic E-state index is 12.2. The smallest absolute Gasteiger partial charge is 0.211 e. The van der Waals surface area contributed by atoms with Gasteiger partial charge in [0.15, 0.2) is 0 Å². The van der Waals surface area contributed by atoms with Crippen LogP contribution in [0.5, 0.6) is 5.75 Å². The summed E-state index contributed by atoms with van der Waals surface area (Å²) in [6.07, 6.45) is 7.26. The van der Waals surface area contributed by atoms with E-state index in [9.17, 15) is 8.42 Å². The highest BCUT2D eigenvalue weighted by atomic mass is 32.2. The zero-order valence-electron chi connectivity index (χ0n) is 15.8. The molecule has 3 fully saturated rings. The molecule has 2 bridgehead atoms. The Hall–Kier alpha value is -1.11. The molecule has 0 amide bonds. The normalized spacial score (nSPS) is 32.8. The van der Waals surface area contributed by atoms with Crippen LogP contribution >= 0.6 is 0 Å². The van der Waals surface area contributed by atoms with E-state index >= 15 is 0 Å². The fourth-order valence-corrected chi connectivity index (χ4v) is 6.38. The molecule has 5 nitrogen and oxygen atoms in total. The lowest BCUT2D eigenvalue weighted by molar-refractivity contribution is -0.0549. The van der Waals surface area contributed by atoms with Crippen molar-refractivity contribution in [3.05, 3.63) is 29.8 Å². The van der Waals surface area contributed by atoms with Gasteiger partial charge in [0.1, 0.15) is 5.75 Å². The van der Waals surface area contributed by atoms with Gasteiger partial charge in [-0.3, -0.25) is 4.90 Å². The average molecular weight is 379 g/mol. The molecule has 0 radical (unpaired) electrons. The fourth-order valence-electron chi connectivity index (χ4n) is 5.46. The second kappa shape index (κ2) is 7.13. The van der Waals surface area contributed by atoms with E-state index in [0.29, 0.717) is 37.0 Å². The zero-order valence-corrected chi connectivity index (χ0v) is 16.6. The predicted octanol–water partition coefficient (Wildman–Crippen LogP) is 2.37. The number of benzene rings is 1. The second-order valence-corrected chi connectivity index (χ2v) is 10.2.